The molecule has 174 valence electrons. The summed E-state index contributed by atoms with van der Waals surface area (Å²) in [4.78, 5) is 24.6. The van der Waals surface area contributed by atoms with Crippen LogP contribution in [0.5, 0.6) is 5.75 Å². The minimum Gasteiger partial charge on any atom is -0.481 e. The van der Waals surface area contributed by atoms with E-state index in [1.165, 1.54) is 0 Å². The highest BCUT2D eigenvalue weighted by Crippen LogP contribution is 2.33. The second-order valence-corrected chi connectivity index (χ2v) is 8.75. The summed E-state index contributed by atoms with van der Waals surface area (Å²) < 4.78 is 7.86. The van der Waals surface area contributed by atoms with Gasteiger partial charge in [0.25, 0.3) is 0 Å². The molecule has 0 radical (unpaired) electrons. The molecule has 4 aromatic rings. The van der Waals surface area contributed by atoms with Crippen LogP contribution >= 0.6 is 0 Å². The van der Waals surface area contributed by atoms with E-state index in [2.05, 4.69) is 24.5 Å². The highest BCUT2D eigenvalue weighted by atomic mass is 16.5. The minimum atomic E-state index is -0.987. The Morgan fingerprint density at radius 3 is 2.56 bits per heavy atom. The Hall–Kier alpha value is -3.90. The number of rotatable bonds is 7. The zero-order valence-corrected chi connectivity index (χ0v) is 19.5. The summed E-state index contributed by atoms with van der Waals surface area (Å²) in [5.41, 5.74) is 11.4. The quantitative estimate of drug-likeness (QED) is 0.283. The summed E-state index contributed by atoms with van der Waals surface area (Å²) in [5.74, 6) is -1.26. The van der Waals surface area contributed by atoms with Crippen molar-refractivity contribution in [2.45, 2.75) is 39.8 Å². The summed E-state index contributed by atoms with van der Waals surface area (Å²) in [6.45, 7) is 6.46. The number of hydrogen-bond acceptors (Lipinski definition) is 4. The number of ether oxygens (including phenoxy) is 1. The van der Waals surface area contributed by atoms with E-state index in [1.54, 1.807) is 18.2 Å². The van der Waals surface area contributed by atoms with Crippen LogP contribution in [0.25, 0.3) is 22.0 Å². The molecule has 0 aliphatic rings. The van der Waals surface area contributed by atoms with Gasteiger partial charge in [0.05, 0.1) is 12.0 Å². The van der Waals surface area contributed by atoms with Crippen LogP contribution in [0.15, 0.2) is 66.9 Å². The molecule has 3 N–H and O–H groups in total. The van der Waals surface area contributed by atoms with Crippen LogP contribution in [0.3, 0.4) is 0 Å². The molecule has 0 saturated carbocycles. The van der Waals surface area contributed by atoms with E-state index >= 15 is 0 Å². The number of carbonyl (C=O) groups is 2. The van der Waals surface area contributed by atoms with Crippen molar-refractivity contribution in [1.82, 2.24) is 4.57 Å². The molecule has 0 saturated heterocycles. The normalized spacial score (nSPS) is 11.2. The van der Waals surface area contributed by atoms with E-state index in [0.29, 0.717) is 17.7 Å². The number of carboxylic acid groups (broad SMARTS) is 1. The number of nitrogens with zero attached hydrogens (tertiary/aromatic N) is 1. The standard InChI is InChI=1S/C28H28N2O4/c1-17(2)30-10-9-23-24(20-6-4-5-19(12-20)16-29)13-22(14-25(23)30)28(33)34-26-11-18(3)7-8-21(26)15-27(31)32/h4-14,17H,15-16,29H2,1-3H3,(H,31,32). The molecule has 34 heavy (non-hydrogen) atoms. The second-order valence-electron chi connectivity index (χ2n) is 8.75. The van der Waals surface area contributed by atoms with Gasteiger partial charge in [-0.1, -0.05) is 30.3 Å². The van der Waals surface area contributed by atoms with Gasteiger partial charge in [-0.2, -0.15) is 0 Å². The first-order valence-corrected chi connectivity index (χ1v) is 11.2. The summed E-state index contributed by atoms with van der Waals surface area (Å²) in [6.07, 6.45) is 1.79. The van der Waals surface area contributed by atoms with Gasteiger partial charge in [-0.05, 0) is 73.4 Å². The molecule has 6 heteroatoms. The monoisotopic (exact) mass is 456 g/mol. The Morgan fingerprint density at radius 2 is 1.85 bits per heavy atom. The molecule has 6 nitrogen and oxygen atoms in total. The molecule has 0 unspecified atom stereocenters. The lowest BCUT2D eigenvalue weighted by Gasteiger charge is -2.14. The van der Waals surface area contributed by atoms with Crippen LogP contribution in [-0.2, 0) is 17.8 Å². The second kappa shape index (κ2) is 9.53. The maximum absolute atomic E-state index is 13.3. The maximum Gasteiger partial charge on any atom is 0.343 e. The first-order valence-electron chi connectivity index (χ1n) is 11.2. The van der Waals surface area contributed by atoms with Crippen LogP contribution < -0.4 is 10.5 Å². The van der Waals surface area contributed by atoms with Crippen molar-refractivity contribution in [2.24, 2.45) is 5.73 Å². The van der Waals surface area contributed by atoms with E-state index in [4.69, 9.17) is 10.5 Å². The number of esters is 1. The Morgan fingerprint density at radius 1 is 1.06 bits per heavy atom. The van der Waals surface area contributed by atoms with Crippen LogP contribution in [0.2, 0.25) is 0 Å². The fourth-order valence-corrected chi connectivity index (χ4v) is 4.16. The summed E-state index contributed by atoms with van der Waals surface area (Å²) in [7, 11) is 0. The number of carbonyl (C=O) groups excluding carboxylic acids is 1. The zero-order valence-electron chi connectivity index (χ0n) is 19.5. The lowest BCUT2D eigenvalue weighted by molar-refractivity contribution is -0.136. The van der Waals surface area contributed by atoms with E-state index in [0.717, 1.165) is 33.2 Å². The number of carboxylic acids is 1. The Kier molecular flexibility index (Phi) is 6.52. The SMILES string of the molecule is Cc1ccc(CC(=O)O)c(OC(=O)c2cc(-c3cccc(CN)c3)c3ccn(C(C)C)c3c2)c1. The molecule has 1 heterocycles. The Labute approximate surface area is 198 Å². The van der Waals surface area contributed by atoms with Gasteiger partial charge in [0.15, 0.2) is 0 Å². The van der Waals surface area contributed by atoms with Gasteiger partial charge in [0.2, 0.25) is 0 Å². The van der Waals surface area contributed by atoms with Crippen molar-refractivity contribution in [3.63, 3.8) is 0 Å². The smallest absolute Gasteiger partial charge is 0.343 e. The number of aliphatic carboxylic acids is 1. The van der Waals surface area contributed by atoms with E-state index in [1.807, 2.05) is 49.5 Å². The zero-order chi connectivity index (χ0) is 24.4. The van der Waals surface area contributed by atoms with Gasteiger partial charge >= 0.3 is 11.9 Å². The largest absolute Gasteiger partial charge is 0.481 e. The number of benzene rings is 3. The summed E-state index contributed by atoms with van der Waals surface area (Å²) >= 11 is 0. The van der Waals surface area contributed by atoms with Crippen LogP contribution in [0, 0.1) is 6.92 Å². The number of nitrogens with two attached hydrogens (primary N) is 1. The van der Waals surface area contributed by atoms with Gasteiger partial charge in [0.1, 0.15) is 5.75 Å². The first kappa shape index (κ1) is 23.3. The third-order valence-electron chi connectivity index (χ3n) is 5.87. The topological polar surface area (TPSA) is 94.6 Å². The Balaban J connectivity index is 1.83. The van der Waals surface area contributed by atoms with Gasteiger partial charge in [-0.15, -0.1) is 0 Å². The number of aryl methyl sites for hydroxylation is 1. The molecule has 0 spiro atoms. The molecular formula is C28H28N2O4. The van der Waals surface area contributed by atoms with E-state index in [9.17, 15) is 14.7 Å². The van der Waals surface area contributed by atoms with Crippen LogP contribution in [0.4, 0.5) is 0 Å². The molecule has 1 aromatic heterocycles. The molecule has 0 aliphatic heterocycles. The first-order chi connectivity index (χ1) is 16.3. The highest BCUT2D eigenvalue weighted by molar-refractivity contribution is 6.03. The predicted molar refractivity (Wildman–Crippen MR) is 133 cm³/mol. The number of aromatic nitrogens is 1. The number of hydrogen-bond donors (Lipinski definition) is 2. The molecular weight excluding hydrogens is 428 g/mol. The van der Waals surface area contributed by atoms with E-state index in [-0.39, 0.29) is 18.2 Å². The third kappa shape index (κ3) is 4.72. The third-order valence-corrected chi connectivity index (χ3v) is 5.87. The highest BCUT2D eigenvalue weighted by Gasteiger charge is 2.19. The molecule has 3 aromatic carbocycles. The molecule has 0 atom stereocenters. The van der Waals surface area contributed by atoms with Crippen molar-refractivity contribution < 1.29 is 19.4 Å². The lowest BCUT2D eigenvalue weighted by atomic mass is 9.97. The lowest BCUT2D eigenvalue weighted by Crippen LogP contribution is -2.12. The maximum atomic E-state index is 13.3. The predicted octanol–water partition coefficient (Wildman–Crippen LogP) is 5.50. The number of fused-ring (bicyclic) bond motifs is 1. The van der Waals surface area contributed by atoms with Crippen molar-refractivity contribution in [3.05, 3.63) is 89.1 Å². The fourth-order valence-electron chi connectivity index (χ4n) is 4.16. The van der Waals surface area contributed by atoms with Crippen molar-refractivity contribution in [3.8, 4) is 16.9 Å². The summed E-state index contributed by atoms with van der Waals surface area (Å²) in [6, 6.07) is 19.1. The molecule has 4 rings (SSSR count). The van der Waals surface area contributed by atoms with Gasteiger partial charge in [0, 0.05) is 35.2 Å². The minimum absolute atomic E-state index is 0.200. The van der Waals surface area contributed by atoms with Crippen LogP contribution in [-0.4, -0.2) is 21.6 Å². The fraction of sp³-hybridized carbons (Fsp3) is 0.214. The average Bonchev–Trinajstić information content (AvgIpc) is 3.24. The van der Waals surface area contributed by atoms with E-state index < -0.39 is 11.9 Å². The Bertz CT molecular complexity index is 1380. The van der Waals surface area contributed by atoms with Crippen molar-refractivity contribution >= 4 is 22.8 Å². The van der Waals surface area contributed by atoms with Gasteiger partial charge in [-0.25, -0.2) is 4.79 Å². The van der Waals surface area contributed by atoms with Gasteiger partial charge < -0.3 is 20.1 Å². The molecule has 0 amide bonds. The van der Waals surface area contributed by atoms with Gasteiger partial charge in [-0.3, -0.25) is 4.79 Å². The molecule has 0 aliphatic carbocycles. The molecule has 0 bridgehead atoms. The van der Waals surface area contributed by atoms with Crippen molar-refractivity contribution in [1.29, 1.82) is 0 Å². The summed E-state index contributed by atoms with van der Waals surface area (Å²) in [5, 5.41) is 10.3. The molecule has 0 fully saturated rings. The average molecular weight is 457 g/mol. The van der Waals surface area contributed by atoms with Crippen LogP contribution in [0.1, 0.15) is 46.9 Å². The van der Waals surface area contributed by atoms with Crippen molar-refractivity contribution in [2.75, 3.05) is 0 Å².